The van der Waals surface area contributed by atoms with Crippen LogP contribution in [0.4, 0.5) is 14.5 Å². The summed E-state index contributed by atoms with van der Waals surface area (Å²) in [4.78, 5) is 15.6. The van der Waals surface area contributed by atoms with E-state index in [4.69, 9.17) is 28.9 Å². The van der Waals surface area contributed by atoms with Crippen molar-refractivity contribution in [1.82, 2.24) is 4.90 Å². The molecule has 0 aromatic heterocycles. The van der Waals surface area contributed by atoms with E-state index in [9.17, 15) is 14.3 Å². The van der Waals surface area contributed by atoms with Crippen LogP contribution in [0.15, 0.2) is 30.3 Å². The number of benzene rings is 2. The zero-order valence-corrected chi connectivity index (χ0v) is 17.9. The predicted molar refractivity (Wildman–Crippen MR) is 114 cm³/mol. The second-order valence-electron chi connectivity index (χ2n) is 8.58. The molecule has 1 spiro atoms. The lowest BCUT2D eigenvalue weighted by molar-refractivity contribution is -0.128. The Morgan fingerprint density at radius 1 is 1.23 bits per heavy atom. The van der Waals surface area contributed by atoms with Gasteiger partial charge in [-0.1, -0.05) is 35.3 Å². The van der Waals surface area contributed by atoms with Crippen molar-refractivity contribution in [2.24, 2.45) is 11.7 Å². The molecule has 164 valence electrons. The molecule has 2 fully saturated rings. The van der Waals surface area contributed by atoms with Crippen molar-refractivity contribution in [2.75, 3.05) is 18.5 Å². The van der Waals surface area contributed by atoms with E-state index in [1.165, 1.54) is 6.07 Å². The maximum Gasteiger partial charge on any atom is 0.250 e. The number of hydrogen-bond acceptors (Lipinski definition) is 4. The number of nitrogens with one attached hydrogen (secondary N) is 1. The molecule has 4 N–H and O–H groups in total. The summed E-state index contributed by atoms with van der Waals surface area (Å²) in [6.45, 7) is 0.223. The average molecular weight is 468 g/mol. The predicted octanol–water partition coefficient (Wildman–Crippen LogP) is 3.62. The first-order chi connectivity index (χ1) is 14.8. The maximum absolute atomic E-state index is 15.3. The molecule has 1 aliphatic carbocycles. The monoisotopic (exact) mass is 467 g/mol. The average Bonchev–Trinajstić information content (AvgIpc) is 3.46. The van der Waals surface area contributed by atoms with Crippen LogP contribution < -0.4 is 11.1 Å². The smallest absolute Gasteiger partial charge is 0.250 e. The molecule has 2 aromatic carbocycles. The number of carbonyl (C=O) groups excluding carboxylic acids is 1. The Balaban J connectivity index is 1.79. The van der Waals surface area contributed by atoms with Crippen LogP contribution >= 0.6 is 23.2 Å². The zero-order valence-electron chi connectivity index (χ0n) is 16.4. The van der Waals surface area contributed by atoms with E-state index < -0.39 is 40.2 Å². The van der Waals surface area contributed by atoms with Crippen molar-refractivity contribution in [2.45, 2.75) is 36.4 Å². The van der Waals surface area contributed by atoms with Crippen LogP contribution in [0.1, 0.15) is 29.9 Å². The number of rotatable bonds is 4. The van der Waals surface area contributed by atoms with Crippen molar-refractivity contribution in [3.8, 4) is 0 Å². The van der Waals surface area contributed by atoms with Crippen molar-refractivity contribution >= 4 is 34.8 Å². The molecule has 31 heavy (non-hydrogen) atoms. The molecule has 2 heterocycles. The van der Waals surface area contributed by atoms with Crippen LogP contribution in [0.5, 0.6) is 0 Å². The Morgan fingerprint density at radius 3 is 2.65 bits per heavy atom. The van der Waals surface area contributed by atoms with Crippen LogP contribution in [0.25, 0.3) is 0 Å². The Hall–Kier alpha value is -1.77. The minimum atomic E-state index is -1.38. The van der Waals surface area contributed by atoms with Gasteiger partial charge in [-0.3, -0.25) is 9.69 Å². The van der Waals surface area contributed by atoms with E-state index in [2.05, 4.69) is 5.32 Å². The summed E-state index contributed by atoms with van der Waals surface area (Å²) in [7, 11) is 0. The van der Waals surface area contributed by atoms with Crippen LogP contribution in [0.2, 0.25) is 10.0 Å². The van der Waals surface area contributed by atoms with E-state index in [0.717, 1.165) is 18.9 Å². The lowest BCUT2D eigenvalue weighted by atomic mass is 9.73. The highest BCUT2D eigenvalue weighted by molar-refractivity contribution is 6.31. The zero-order chi connectivity index (χ0) is 22.1. The molecule has 1 saturated heterocycles. The fourth-order valence-electron chi connectivity index (χ4n) is 5.33. The highest BCUT2D eigenvalue weighted by atomic mass is 35.5. The summed E-state index contributed by atoms with van der Waals surface area (Å²) in [5.74, 6) is -2.74. The Labute approximate surface area is 188 Å². The van der Waals surface area contributed by atoms with Crippen LogP contribution in [-0.2, 0) is 10.3 Å². The van der Waals surface area contributed by atoms with Crippen molar-refractivity contribution in [3.63, 3.8) is 0 Å². The molecule has 3 aliphatic rings. The van der Waals surface area contributed by atoms with Gasteiger partial charge in [0.05, 0.1) is 6.61 Å². The second kappa shape index (κ2) is 7.39. The van der Waals surface area contributed by atoms with Gasteiger partial charge in [-0.05, 0) is 42.5 Å². The van der Waals surface area contributed by atoms with Gasteiger partial charge >= 0.3 is 0 Å². The molecule has 5 rings (SSSR count). The second-order valence-corrected chi connectivity index (χ2v) is 9.39. The van der Waals surface area contributed by atoms with E-state index in [1.54, 1.807) is 18.2 Å². The number of fused-ring (bicyclic) bond motifs is 2. The van der Waals surface area contributed by atoms with E-state index in [-0.39, 0.29) is 18.1 Å². The number of aliphatic hydroxyl groups excluding tert-OH is 1. The number of carbonyl (C=O) groups is 1. The van der Waals surface area contributed by atoms with Crippen molar-refractivity contribution in [3.05, 3.63) is 63.1 Å². The Kier molecular flexibility index (Phi) is 5.03. The standard InChI is InChI=1S/C22H21Cl2F2N3O2/c23-11-3-5-13-15(7-11)28-21(31)22(13)17(12-4-6-14(25)18(24)19(12)26)20(27)16(9-30)29(22)8-10-1-2-10/h3-7,10,16-17,20,30H,1-2,8-9,27H2,(H,28,31)/t16-,17-,20+,22+/m0/s1. The third-order valence-corrected chi connectivity index (χ3v) is 7.44. The van der Waals surface area contributed by atoms with Gasteiger partial charge in [-0.25, -0.2) is 8.78 Å². The van der Waals surface area contributed by atoms with Gasteiger partial charge < -0.3 is 16.2 Å². The number of hydrogen-bond donors (Lipinski definition) is 3. The summed E-state index contributed by atoms with van der Waals surface area (Å²) in [5, 5.41) is 12.9. The fraction of sp³-hybridized carbons (Fsp3) is 0.409. The topological polar surface area (TPSA) is 78.6 Å². The number of halogens is 4. The minimum absolute atomic E-state index is 0.0496. The van der Waals surface area contributed by atoms with Gasteiger partial charge in [-0.2, -0.15) is 0 Å². The van der Waals surface area contributed by atoms with Crippen molar-refractivity contribution < 1.29 is 18.7 Å². The first kappa shape index (κ1) is 21.1. The number of amides is 1. The molecular weight excluding hydrogens is 447 g/mol. The molecule has 1 saturated carbocycles. The van der Waals surface area contributed by atoms with Gasteiger partial charge in [0.15, 0.2) is 0 Å². The number of nitrogens with two attached hydrogens (primary N) is 1. The van der Waals surface area contributed by atoms with E-state index >= 15 is 4.39 Å². The van der Waals surface area contributed by atoms with Gasteiger partial charge in [0, 0.05) is 40.8 Å². The summed E-state index contributed by atoms with van der Waals surface area (Å²) in [6, 6.07) is 6.02. The lowest BCUT2D eigenvalue weighted by Crippen LogP contribution is -2.53. The lowest BCUT2D eigenvalue weighted by Gasteiger charge is -2.39. The van der Waals surface area contributed by atoms with Gasteiger partial charge in [0.2, 0.25) is 5.91 Å². The minimum Gasteiger partial charge on any atom is -0.395 e. The highest BCUT2D eigenvalue weighted by Crippen LogP contribution is 2.58. The van der Waals surface area contributed by atoms with Gasteiger partial charge in [-0.15, -0.1) is 0 Å². The number of aliphatic hydroxyl groups is 1. The molecule has 2 aromatic rings. The van der Waals surface area contributed by atoms with Gasteiger partial charge in [0.25, 0.3) is 0 Å². The molecular formula is C22H21Cl2F2N3O2. The Bertz CT molecular complexity index is 1080. The van der Waals surface area contributed by atoms with Crippen molar-refractivity contribution in [1.29, 1.82) is 0 Å². The highest BCUT2D eigenvalue weighted by Gasteiger charge is 2.66. The third-order valence-electron chi connectivity index (χ3n) is 6.86. The SMILES string of the molecule is N[C@@H]1[C@H](CO)N(CC2CC2)[C@@]2(C(=O)Nc3cc(Cl)ccc32)[C@H]1c1ccc(F)c(Cl)c1F. The van der Waals surface area contributed by atoms with Crippen LogP contribution in [-0.4, -0.2) is 41.1 Å². The molecule has 0 unspecified atom stereocenters. The van der Waals surface area contributed by atoms with E-state index in [1.807, 2.05) is 4.90 Å². The normalized spacial score (nSPS) is 30.1. The molecule has 1 amide bonds. The summed E-state index contributed by atoms with van der Waals surface area (Å²) < 4.78 is 29.2. The summed E-state index contributed by atoms with van der Waals surface area (Å²) >= 11 is 12.0. The Morgan fingerprint density at radius 2 is 1.97 bits per heavy atom. The molecule has 0 radical (unpaired) electrons. The quantitative estimate of drug-likeness (QED) is 0.600. The van der Waals surface area contributed by atoms with Crippen LogP contribution in [0.3, 0.4) is 0 Å². The maximum atomic E-state index is 15.3. The molecule has 9 heteroatoms. The largest absolute Gasteiger partial charge is 0.395 e. The molecule has 4 atom stereocenters. The molecule has 5 nitrogen and oxygen atoms in total. The number of likely N-dealkylation sites (tertiary alicyclic amines) is 1. The van der Waals surface area contributed by atoms with Gasteiger partial charge in [0.1, 0.15) is 22.2 Å². The molecule has 2 aliphatic heterocycles. The fourth-order valence-corrected chi connectivity index (χ4v) is 5.67. The first-order valence-corrected chi connectivity index (χ1v) is 10.9. The number of nitrogens with zero attached hydrogens (tertiary/aromatic N) is 1. The van der Waals surface area contributed by atoms with E-state index in [0.29, 0.717) is 28.7 Å². The molecule has 0 bridgehead atoms. The summed E-state index contributed by atoms with van der Waals surface area (Å²) in [6.07, 6.45) is 2.02. The first-order valence-electron chi connectivity index (χ1n) is 10.2. The number of anilines is 1. The van der Waals surface area contributed by atoms with Crippen LogP contribution in [0, 0.1) is 17.6 Å². The summed E-state index contributed by atoms with van der Waals surface area (Å²) in [5.41, 5.74) is 6.40. The third kappa shape index (κ3) is 2.94.